The number of hydrogen-bond acceptors (Lipinski definition) is 4. The van der Waals surface area contributed by atoms with Crippen LogP contribution in [0.4, 0.5) is 13.2 Å². The lowest BCUT2D eigenvalue weighted by Crippen LogP contribution is -2.23. The monoisotopic (exact) mass is 307 g/mol. The van der Waals surface area contributed by atoms with Crippen LogP contribution in [0.5, 0.6) is 0 Å². The molecule has 0 heterocycles. The Bertz CT molecular complexity index is 432. The molecule has 0 fully saturated rings. The van der Waals surface area contributed by atoms with Crippen molar-refractivity contribution in [2.24, 2.45) is 10.6 Å². The summed E-state index contributed by atoms with van der Waals surface area (Å²) in [6.07, 6.45) is -4.95. The highest BCUT2D eigenvalue weighted by Gasteiger charge is 2.37. The topological polar surface area (TPSA) is 69.2 Å². The highest BCUT2D eigenvalue weighted by molar-refractivity contribution is 6.25. The first-order chi connectivity index (χ1) is 9.28. The summed E-state index contributed by atoms with van der Waals surface area (Å²) in [6.45, 7) is 1.57. The molecule has 0 rings (SSSR count). The van der Waals surface area contributed by atoms with Gasteiger partial charge in [-0.1, -0.05) is 16.8 Å². The summed E-state index contributed by atoms with van der Waals surface area (Å²) in [5.41, 5.74) is -0.268. The Morgan fingerprint density at radius 1 is 1.30 bits per heavy atom. The van der Waals surface area contributed by atoms with E-state index in [0.717, 1.165) is 0 Å². The highest BCUT2D eigenvalue weighted by atomic mass is 35.5. The van der Waals surface area contributed by atoms with Crippen molar-refractivity contribution in [3.05, 3.63) is 11.6 Å². The number of hydrogen-bond donors (Lipinski definition) is 0. The second-order valence-electron chi connectivity index (χ2n) is 4.08. The molecule has 0 aliphatic heterocycles. The van der Waals surface area contributed by atoms with Crippen molar-refractivity contribution in [3.63, 3.8) is 0 Å². The molecule has 0 N–H and O–H groups in total. The fraction of sp³-hybridized carbons (Fsp3) is 0.583. The fourth-order valence-electron chi connectivity index (χ4n) is 1.36. The third-order valence-corrected chi connectivity index (χ3v) is 2.48. The van der Waals surface area contributed by atoms with Crippen molar-refractivity contribution in [1.29, 1.82) is 10.5 Å². The van der Waals surface area contributed by atoms with Crippen molar-refractivity contribution in [1.82, 2.24) is 0 Å². The van der Waals surface area contributed by atoms with Crippen molar-refractivity contribution in [2.75, 3.05) is 6.61 Å². The highest BCUT2D eigenvalue weighted by Crippen LogP contribution is 2.33. The molecule has 20 heavy (non-hydrogen) atoms. The molecule has 0 aromatic heterocycles. The second-order valence-corrected chi connectivity index (χ2v) is 4.33. The van der Waals surface area contributed by atoms with E-state index in [1.807, 2.05) is 0 Å². The predicted molar refractivity (Wildman–Crippen MR) is 67.6 cm³/mol. The molecule has 110 valence electrons. The van der Waals surface area contributed by atoms with Gasteiger partial charge in [-0.05, 0) is 19.4 Å². The van der Waals surface area contributed by atoms with Crippen LogP contribution in [0.1, 0.15) is 26.2 Å². The first kappa shape index (κ1) is 18.3. The minimum Gasteiger partial charge on any atom is -0.392 e. The van der Waals surface area contributed by atoms with Crippen LogP contribution in [-0.2, 0) is 4.84 Å². The molecular formula is C12H13ClF3N3O. The van der Waals surface area contributed by atoms with Crippen LogP contribution in [-0.4, -0.2) is 18.5 Å². The molecule has 0 unspecified atom stereocenters. The standard InChI is InChI=1S/C12H13ClF3N3O/c1-10(19-20-6-2-5-13)7-11(8-17,9-18)3-4-12(14,15)16/h2,5H,3-4,6-7H2,1H3. The van der Waals surface area contributed by atoms with Gasteiger partial charge < -0.3 is 4.84 Å². The van der Waals surface area contributed by atoms with Crippen LogP contribution in [0.15, 0.2) is 16.8 Å². The third kappa shape index (κ3) is 7.65. The van der Waals surface area contributed by atoms with E-state index in [0.29, 0.717) is 0 Å². The second kappa shape index (κ2) is 8.44. The Balaban J connectivity index is 4.69. The van der Waals surface area contributed by atoms with E-state index in [9.17, 15) is 13.2 Å². The van der Waals surface area contributed by atoms with Gasteiger partial charge >= 0.3 is 6.18 Å². The maximum absolute atomic E-state index is 12.2. The average Bonchev–Trinajstić information content (AvgIpc) is 2.39. The van der Waals surface area contributed by atoms with Gasteiger partial charge in [-0.2, -0.15) is 23.7 Å². The summed E-state index contributed by atoms with van der Waals surface area (Å²) in [6, 6.07) is 3.28. The lowest BCUT2D eigenvalue weighted by atomic mass is 9.81. The lowest BCUT2D eigenvalue weighted by molar-refractivity contribution is -0.138. The number of nitrogens with zero attached hydrogens (tertiary/aromatic N) is 3. The number of nitriles is 2. The van der Waals surface area contributed by atoms with Gasteiger partial charge in [0.25, 0.3) is 0 Å². The Morgan fingerprint density at radius 3 is 2.35 bits per heavy atom. The Kier molecular flexibility index (Phi) is 7.71. The van der Waals surface area contributed by atoms with Crippen LogP contribution in [0.25, 0.3) is 0 Å². The van der Waals surface area contributed by atoms with Gasteiger partial charge in [-0.25, -0.2) is 0 Å². The zero-order valence-electron chi connectivity index (χ0n) is 10.7. The number of rotatable bonds is 7. The lowest BCUT2D eigenvalue weighted by Gasteiger charge is -2.18. The summed E-state index contributed by atoms with van der Waals surface area (Å²) >= 11 is 5.25. The smallest absolute Gasteiger partial charge is 0.389 e. The summed E-state index contributed by atoms with van der Waals surface area (Å²) < 4.78 is 36.6. The Labute approximate surface area is 120 Å². The predicted octanol–water partition coefficient (Wildman–Crippen LogP) is 3.90. The van der Waals surface area contributed by atoms with Gasteiger partial charge in [-0.15, -0.1) is 0 Å². The van der Waals surface area contributed by atoms with E-state index >= 15 is 0 Å². The largest absolute Gasteiger partial charge is 0.392 e. The molecule has 0 aliphatic carbocycles. The molecule has 4 nitrogen and oxygen atoms in total. The SMILES string of the molecule is CC(CC(C#N)(C#N)CCC(F)(F)F)=NOCC=CCl. The zero-order chi connectivity index (χ0) is 15.6. The molecular weight excluding hydrogens is 295 g/mol. The van der Waals surface area contributed by atoms with Gasteiger partial charge in [0, 0.05) is 18.4 Å². The van der Waals surface area contributed by atoms with Crippen molar-refractivity contribution in [2.45, 2.75) is 32.4 Å². The van der Waals surface area contributed by atoms with Crippen LogP contribution in [0, 0.1) is 28.1 Å². The van der Waals surface area contributed by atoms with Gasteiger partial charge in [0.05, 0.1) is 17.9 Å². The number of alkyl halides is 3. The van der Waals surface area contributed by atoms with Crippen LogP contribution in [0.3, 0.4) is 0 Å². The minimum absolute atomic E-state index is 0.0928. The van der Waals surface area contributed by atoms with E-state index < -0.39 is 24.4 Å². The number of halogens is 4. The molecule has 0 radical (unpaired) electrons. The van der Waals surface area contributed by atoms with Crippen LogP contribution in [0.2, 0.25) is 0 Å². The first-order valence-electron chi connectivity index (χ1n) is 5.58. The molecule has 0 atom stereocenters. The average molecular weight is 308 g/mol. The molecule has 0 amide bonds. The maximum atomic E-state index is 12.2. The quantitative estimate of drug-likeness (QED) is 0.407. The van der Waals surface area contributed by atoms with E-state index in [1.54, 1.807) is 12.1 Å². The van der Waals surface area contributed by atoms with Crippen molar-refractivity contribution >= 4 is 17.3 Å². The van der Waals surface area contributed by atoms with Crippen LogP contribution >= 0.6 is 11.6 Å². The molecule has 0 saturated carbocycles. The summed E-state index contributed by atoms with van der Waals surface area (Å²) in [7, 11) is 0. The van der Waals surface area contributed by atoms with E-state index in [4.69, 9.17) is 27.0 Å². The summed E-state index contributed by atoms with van der Waals surface area (Å²) in [5, 5.41) is 21.5. The number of oxime groups is 1. The van der Waals surface area contributed by atoms with Crippen molar-refractivity contribution < 1.29 is 18.0 Å². The van der Waals surface area contributed by atoms with E-state index in [2.05, 4.69) is 5.16 Å². The minimum atomic E-state index is -4.41. The first-order valence-corrected chi connectivity index (χ1v) is 6.02. The molecule has 0 aliphatic rings. The Hall–Kier alpha value is -1.73. The van der Waals surface area contributed by atoms with Gasteiger partial charge in [-0.3, -0.25) is 0 Å². The van der Waals surface area contributed by atoms with Crippen LogP contribution < -0.4 is 0 Å². The molecule has 0 saturated heterocycles. The third-order valence-electron chi connectivity index (χ3n) is 2.30. The molecule has 8 heteroatoms. The fourth-order valence-corrected chi connectivity index (χ4v) is 1.43. The molecule has 0 aromatic rings. The molecule has 0 bridgehead atoms. The normalized spacial score (nSPS) is 13.1. The summed E-state index contributed by atoms with van der Waals surface area (Å²) in [5.74, 6) is 0. The van der Waals surface area contributed by atoms with Gasteiger partial charge in [0.2, 0.25) is 0 Å². The zero-order valence-corrected chi connectivity index (χ0v) is 11.5. The molecule has 0 aromatic carbocycles. The van der Waals surface area contributed by atoms with Crippen molar-refractivity contribution in [3.8, 4) is 12.1 Å². The molecule has 0 spiro atoms. The van der Waals surface area contributed by atoms with Gasteiger partial charge in [0.1, 0.15) is 12.0 Å². The van der Waals surface area contributed by atoms with Gasteiger partial charge in [0.15, 0.2) is 0 Å². The van der Waals surface area contributed by atoms with E-state index in [1.165, 1.54) is 18.5 Å². The van der Waals surface area contributed by atoms with E-state index in [-0.39, 0.29) is 18.7 Å². The summed E-state index contributed by atoms with van der Waals surface area (Å²) in [4.78, 5) is 4.79. The maximum Gasteiger partial charge on any atom is 0.389 e. The Morgan fingerprint density at radius 2 is 1.90 bits per heavy atom.